The Kier molecular flexibility index (Phi) is 5.88. The van der Waals surface area contributed by atoms with E-state index in [1.165, 1.54) is 15.5 Å². The van der Waals surface area contributed by atoms with Gasteiger partial charge in [-0.05, 0) is 64.0 Å². The van der Waals surface area contributed by atoms with Crippen LogP contribution in [0.3, 0.4) is 0 Å². The molecule has 5 heteroatoms. The number of hydrogen-bond acceptors (Lipinski definition) is 3. The van der Waals surface area contributed by atoms with Crippen molar-refractivity contribution in [2.75, 3.05) is 13.1 Å². The molecule has 1 amide bonds. The van der Waals surface area contributed by atoms with Crippen molar-refractivity contribution in [1.29, 1.82) is 0 Å². The zero-order chi connectivity index (χ0) is 17.9. The highest BCUT2D eigenvalue weighted by Gasteiger charge is 2.31. The number of hydrogen-bond donors (Lipinski definition) is 2. The standard InChI is InChI=1S/C19H30N2O3/c1-14(21(18(22)23)19(2,3)4)17-7-5-15(6-8-17)13-16-9-11-20(24)12-10-16/h5-8,14,16,24H,9-13H2,1-4H3,(H,22,23)/t14-/m0/s1. The lowest BCUT2D eigenvalue weighted by Gasteiger charge is -2.38. The average molecular weight is 334 g/mol. The van der Waals surface area contributed by atoms with Crippen molar-refractivity contribution in [3.63, 3.8) is 0 Å². The first-order chi connectivity index (χ1) is 11.2. The van der Waals surface area contributed by atoms with Gasteiger partial charge in [-0.25, -0.2) is 4.79 Å². The van der Waals surface area contributed by atoms with E-state index in [1.807, 2.05) is 39.8 Å². The molecule has 2 rings (SSSR count). The summed E-state index contributed by atoms with van der Waals surface area (Å²) in [5.41, 5.74) is 1.85. The molecule has 24 heavy (non-hydrogen) atoms. The number of hydroxylamine groups is 2. The molecule has 1 atom stereocenters. The van der Waals surface area contributed by atoms with Crippen LogP contribution >= 0.6 is 0 Å². The maximum absolute atomic E-state index is 11.6. The number of carboxylic acid groups (broad SMARTS) is 1. The predicted molar refractivity (Wildman–Crippen MR) is 94.3 cm³/mol. The van der Waals surface area contributed by atoms with Crippen molar-refractivity contribution >= 4 is 6.09 Å². The van der Waals surface area contributed by atoms with Gasteiger partial charge in [0.15, 0.2) is 0 Å². The Labute approximate surface area is 144 Å². The van der Waals surface area contributed by atoms with E-state index < -0.39 is 11.6 Å². The second kappa shape index (κ2) is 7.53. The number of nitrogens with zero attached hydrogens (tertiary/aromatic N) is 2. The molecule has 1 aliphatic heterocycles. The fraction of sp³-hybridized carbons (Fsp3) is 0.632. The summed E-state index contributed by atoms with van der Waals surface area (Å²) in [6.45, 7) is 9.18. The highest BCUT2D eigenvalue weighted by Crippen LogP contribution is 2.29. The van der Waals surface area contributed by atoms with Crippen LogP contribution < -0.4 is 0 Å². The minimum Gasteiger partial charge on any atom is -0.465 e. The second-order valence-electron chi connectivity index (χ2n) is 7.84. The van der Waals surface area contributed by atoms with E-state index >= 15 is 0 Å². The van der Waals surface area contributed by atoms with Crippen molar-refractivity contribution in [2.24, 2.45) is 5.92 Å². The first-order valence-corrected chi connectivity index (χ1v) is 8.73. The molecule has 1 aliphatic rings. The highest BCUT2D eigenvalue weighted by atomic mass is 16.5. The normalized spacial score (nSPS) is 18.4. The third-order valence-electron chi connectivity index (χ3n) is 4.89. The fourth-order valence-corrected chi connectivity index (χ4v) is 3.57. The van der Waals surface area contributed by atoms with Crippen LogP contribution in [0.15, 0.2) is 24.3 Å². The number of rotatable bonds is 4. The van der Waals surface area contributed by atoms with Gasteiger partial charge in [0.1, 0.15) is 0 Å². The van der Waals surface area contributed by atoms with Gasteiger partial charge in [-0.2, -0.15) is 5.06 Å². The van der Waals surface area contributed by atoms with Gasteiger partial charge in [0, 0.05) is 18.6 Å². The van der Waals surface area contributed by atoms with Crippen LogP contribution in [0.1, 0.15) is 57.7 Å². The van der Waals surface area contributed by atoms with Crippen LogP contribution in [0.5, 0.6) is 0 Å². The van der Waals surface area contributed by atoms with Crippen molar-refractivity contribution in [2.45, 2.75) is 58.5 Å². The van der Waals surface area contributed by atoms with Crippen molar-refractivity contribution in [3.05, 3.63) is 35.4 Å². The minimum atomic E-state index is -0.894. The number of benzene rings is 1. The number of piperidine rings is 1. The maximum atomic E-state index is 11.6. The quantitative estimate of drug-likeness (QED) is 0.867. The topological polar surface area (TPSA) is 64.0 Å². The highest BCUT2D eigenvalue weighted by molar-refractivity contribution is 5.66. The van der Waals surface area contributed by atoms with E-state index in [0.717, 1.165) is 37.9 Å². The molecule has 0 bridgehead atoms. The zero-order valence-corrected chi connectivity index (χ0v) is 15.2. The van der Waals surface area contributed by atoms with E-state index in [1.54, 1.807) is 0 Å². The van der Waals surface area contributed by atoms with Gasteiger partial charge in [-0.3, -0.25) is 4.90 Å². The van der Waals surface area contributed by atoms with Crippen LogP contribution in [-0.4, -0.2) is 45.0 Å². The first-order valence-electron chi connectivity index (χ1n) is 8.73. The zero-order valence-electron chi connectivity index (χ0n) is 15.2. The summed E-state index contributed by atoms with van der Waals surface area (Å²) < 4.78 is 0. The van der Waals surface area contributed by atoms with Crippen LogP contribution in [-0.2, 0) is 6.42 Å². The molecule has 0 saturated carbocycles. The Hall–Kier alpha value is -1.59. The number of carbonyl (C=O) groups is 1. The third kappa shape index (κ3) is 4.71. The van der Waals surface area contributed by atoms with Crippen molar-refractivity contribution in [1.82, 2.24) is 9.96 Å². The van der Waals surface area contributed by atoms with Gasteiger partial charge in [0.25, 0.3) is 0 Å². The van der Waals surface area contributed by atoms with Crippen molar-refractivity contribution in [3.8, 4) is 0 Å². The lowest BCUT2D eigenvalue weighted by molar-refractivity contribution is -0.111. The SMILES string of the molecule is C[C@@H](c1ccc(CC2CCN(O)CC2)cc1)N(C(=O)O)C(C)(C)C. The molecule has 1 aromatic rings. The fourth-order valence-electron chi connectivity index (χ4n) is 3.57. The average Bonchev–Trinajstić information content (AvgIpc) is 2.48. The van der Waals surface area contributed by atoms with E-state index in [2.05, 4.69) is 12.1 Å². The third-order valence-corrected chi connectivity index (χ3v) is 4.89. The molecule has 0 radical (unpaired) electrons. The Morgan fingerprint density at radius 3 is 2.25 bits per heavy atom. The monoisotopic (exact) mass is 334 g/mol. The summed E-state index contributed by atoms with van der Waals surface area (Å²) in [6, 6.07) is 8.12. The second-order valence-corrected chi connectivity index (χ2v) is 7.84. The molecule has 1 fully saturated rings. The summed E-state index contributed by atoms with van der Waals surface area (Å²) in [5, 5.41) is 20.4. The molecule has 0 aromatic heterocycles. The molecule has 0 aliphatic carbocycles. The molecule has 0 spiro atoms. The van der Waals surface area contributed by atoms with Crippen LogP contribution in [0.25, 0.3) is 0 Å². The van der Waals surface area contributed by atoms with E-state index in [9.17, 15) is 15.1 Å². The Bertz CT molecular complexity index is 543. The molecule has 2 N–H and O–H groups in total. The Morgan fingerprint density at radius 1 is 1.25 bits per heavy atom. The van der Waals surface area contributed by atoms with Crippen molar-refractivity contribution < 1.29 is 15.1 Å². The van der Waals surface area contributed by atoms with Gasteiger partial charge in [0.2, 0.25) is 0 Å². The van der Waals surface area contributed by atoms with Crippen LogP contribution in [0, 0.1) is 5.92 Å². The smallest absolute Gasteiger partial charge is 0.408 e. The van der Waals surface area contributed by atoms with Gasteiger partial charge in [-0.1, -0.05) is 24.3 Å². The summed E-state index contributed by atoms with van der Waals surface area (Å²) in [7, 11) is 0. The summed E-state index contributed by atoms with van der Waals surface area (Å²) in [5.74, 6) is 0.613. The molecule has 1 aromatic carbocycles. The van der Waals surface area contributed by atoms with Gasteiger partial charge in [-0.15, -0.1) is 0 Å². The predicted octanol–water partition coefficient (Wildman–Crippen LogP) is 4.17. The van der Waals surface area contributed by atoms with Gasteiger partial charge < -0.3 is 10.3 Å². The summed E-state index contributed by atoms with van der Waals surface area (Å²) in [4.78, 5) is 13.1. The minimum absolute atomic E-state index is 0.186. The van der Waals surface area contributed by atoms with E-state index in [4.69, 9.17) is 0 Å². The molecular weight excluding hydrogens is 304 g/mol. The van der Waals surface area contributed by atoms with Crippen LogP contribution in [0.4, 0.5) is 4.79 Å². The molecule has 0 unspecified atom stereocenters. The van der Waals surface area contributed by atoms with Gasteiger partial charge >= 0.3 is 6.09 Å². The summed E-state index contributed by atoms with van der Waals surface area (Å²) in [6.07, 6.45) is 2.16. The summed E-state index contributed by atoms with van der Waals surface area (Å²) >= 11 is 0. The molecule has 134 valence electrons. The molecule has 1 heterocycles. The van der Waals surface area contributed by atoms with Crippen LogP contribution in [0.2, 0.25) is 0 Å². The molecule has 5 nitrogen and oxygen atoms in total. The van der Waals surface area contributed by atoms with E-state index in [-0.39, 0.29) is 6.04 Å². The number of amides is 1. The van der Waals surface area contributed by atoms with Gasteiger partial charge in [0.05, 0.1) is 6.04 Å². The maximum Gasteiger partial charge on any atom is 0.408 e. The largest absolute Gasteiger partial charge is 0.465 e. The lowest BCUT2D eigenvalue weighted by atomic mass is 9.90. The molecule has 1 saturated heterocycles. The lowest BCUT2D eigenvalue weighted by Crippen LogP contribution is -2.46. The Balaban J connectivity index is 2.04. The Morgan fingerprint density at radius 2 is 1.79 bits per heavy atom. The molecular formula is C19H30N2O3. The van der Waals surface area contributed by atoms with E-state index in [0.29, 0.717) is 5.92 Å². The first kappa shape index (κ1) is 18.7.